The zero-order valence-electron chi connectivity index (χ0n) is 14.9. The lowest BCUT2D eigenvalue weighted by Crippen LogP contribution is -2.21. The summed E-state index contributed by atoms with van der Waals surface area (Å²) in [4.78, 5) is 2.20. The Morgan fingerprint density at radius 1 is 0.958 bits per heavy atom. The highest BCUT2D eigenvalue weighted by molar-refractivity contribution is 5.43. The number of ether oxygens (including phenoxy) is 2. The van der Waals surface area contributed by atoms with Gasteiger partial charge in [-0.15, -0.1) is 0 Å². The molecule has 0 aliphatic heterocycles. The van der Waals surface area contributed by atoms with Gasteiger partial charge < -0.3 is 19.7 Å². The molecule has 2 rings (SSSR count). The molecule has 0 radical (unpaired) electrons. The quantitative estimate of drug-likeness (QED) is 0.679. The van der Waals surface area contributed by atoms with E-state index < -0.39 is 0 Å². The van der Waals surface area contributed by atoms with Gasteiger partial charge in [-0.1, -0.05) is 36.4 Å². The number of nitrogens with zero attached hydrogens (tertiary/aromatic N) is 1. The first-order valence-electron chi connectivity index (χ1n) is 8.38. The van der Waals surface area contributed by atoms with Crippen LogP contribution in [0.5, 0.6) is 11.5 Å². The van der Waals surface area contributed by atoms with Gasteiger partial charge in [-0.25, -0.2) is 0 Å². The van der Waals surface area contributed by atoms with Gasteiger partial charge in [-0.3, -0.25) is 0 Å². The van der Waals surface area contributed by atoms with E-state index in [2.05, 4.69) is 42.5 Å². The molecule has 0 unspecified atom stereocenters. The Labute approximate surface area is 145 Å². The van der Waals surface area contributed by atoms with Crippen molar-refractivity contribution < 1.29 is 9.47 Å². The van der Waals surface area contributed by atoms with E-state index in [4.69, 9.17) is 9.47 Å². The van der Waals surface area contributed by atoms with Crippen molar-refractivity contribution in [1.29, 1.82) is 0 Å². The summed E-state index contributed by atoms with van der Waals surface area (Å²) < 4.78 is 11.4. The SMILES string of the molecule is COc1cc(CNCCCN(C)C)ccc1OCc1ccccc1. The second-order valence-corrected chi connectivity index (χ2v) is 6.09. The molecule has 4 nitrogen and oxygen atoms in total. The van der Waals surface area contributed by atoms with Crippen molar-refractivity contribution >= 4 is 0 Å². The molecule has 0 aliphatic rings. The van der Waals surface area contributed by atoms with Gasteiger partial charge in [0, 0.05) is 6.54 Å². The van der Waals surface area contributed by atoms with Crippen LogP contribution in [0.3, 0.4) is 0 Å². The molecule has 1 N–H and O–H groups in total. The van der Waals surface area contributed by atoms with Crippen LogP contribution in [0, 0.1) is 0 Å². The summed E-state index contributed by atoms with van der Waals surface area (Å²) in [5, 5.41) is 3.46. The zero-order chi connectivity index (χ0) is 17.2. The minimum Gasteiger partial charge on any atom is -0.493 e. The zero-order valence-corrected chi connectivity index (χ0v) is 14.9. The van der Waals surface area contributed by atoms with Crippen molar-refractivity contribution in [2.45, 2.75) is 19.6 Å². The van der Waals surface area contributed by atoms with Crippen LogP contribution in [0.1, 0.15) is 17.5 Å². The van der Waals surface area contributed by atoms with E-state index in [9.17, 15) is 0 Å². The van der Waals surface area contributed by atoms with Crippen molar-refractivity contribution in [2.24, 2.45) is 0 Å². The van der Waals surface area contributed by atoms with Crippen LogP contribution in [0.2, 0.25) is 0 Å². The first-order valence-corrected chi connectivity index (χ1v) is 8.38. The number of methoxy groups -OCH3 is 1. The second kappa shape index (κ2) is 9.96. The fourth-order valence-electron chi connectivity index (χ4n) is 2.43. The molecule has 2 aromatic rings. The first kappa shape index (κ1) is 18.3. The molecule has 130 valence electrons. The third kappa shape index (κ3) is 6.22. The van der Waals surface area contributed by atoms with Crippen LogP contribution in [0.25, 0.3) is 0 Å². The molecule has 0 fully saturated rings. The number of hydrogen-bond acceptors (Lipinski definition) is 4. The topological polar surface area (TPSA) is 33.7 Å². The molecule has 4 heteroatoms. The highest BCUT2D eigenvalue weighted by atomic mass is 16.5. The van der Waals surface area contributed by atoms with Gasteiger partial charge in [0.1, 0.15) is 6.61 Å². The summed E-state index contributed by atoms with van der Waals surface area (Å²) in [5.41, 5.74) is 2.34. The van der Waals surface area contributed by atoms with Gasteiger partial charge in [0.05, 0.1) is 7.11 Å². The molecule has 0 bridgehead atoms. The van der Waals surface area contributed by atoms with Crippen molar-refractivity contribution in [3.63, 3.8) is 0 Å². The third-order valence-electron chi connectivity index (χ3n) is 3.75. The molecule has 0 amide bonds. The van der Waals surface area contributed by atoms with E-state index in [-0.39, 0.29) is 0 Å². The number of benzene rings is 2. The van der Waals surface area contributed by atoms with Gasteiger partial charge in [0.15, 0.2) is 11.5 Å². The maximum Gasteiger partial charge on any atom is 0.161 e. The molecule has 0 heterocycles. The Morgan fingerprint density at radius 2 is 1.75 bits per heavy atom. The Morgan fingerprint density at radius 3 is 2.46 bits per heavy atom. The molecular weight excluding hydrogens is 300 g/mol. The Kier molecular flexibility index (Phi) is 7.59. The van der Waals surface area contributed by atoms with E-state index in [1.807, 2.05) is 30.3 Å². The maximum atomic E-state index is 5.89. The molecule has 0 aliphatic carbocycles. The fourth-order valence-corrected chi connectivity index (χ4v) is 2.43. The van der Waals surface area contributed by atoms with Crippen LogP contribution in [0.15, 0.2) is 48.5 Å². The summed E-state index contributed by atoms with van der Waals surface area (Å²) in [6.45, 7) is 3.48. The van der Waals surface area contributed by atoms with E-state index in [1.54, 1.807) is 7.11 Å². The van der Waals surface area contributed by atoms with Crippen LogP contribution in [-0.4, -0.2) is 39.2 Å². The van der Waals surface area contributed by atoms with Gasteiger partial charge >= 0.3 is 0 Å². The van der Waals surface area contributed by atoms with Crippen molar-refractivity contribution in [2.75, 3.05) is 34.3 Å². The average Bonchev–Trinajstić information content (AvgIpc) is 2.60. The summed E-state index contributed by atoms with van der Waals surface area (Å²) in [7, 11) is 5.87. The minimum absolute atomic E-state index is 0.541. The van der Waals surface area contributed by atoms with Crippen molar-refractivity contribution in [3.05, 3.63) is 59.7 Å². The fraction of sp³-hybridized carbons (Fsp3) is 0.400. The molecular formula is C20H28N2O2. The van der Waals surface area contributed by atoms with Gasteiger partial charge in [0.2, 0.25) is 0 Å². The molecule has 0 saturated carbocycles. The standard InChI is InChI=1S/C20H28N2O2/c1-22(2)13-7-12-21-15-18-10-11-19(20(14-18)23-3)24-16-17-8-5-4-6-9-17/h4-6,8-11,14,21H,7,12-13,15-16H2,1-3H3. The summed E-state index contributed by atoms with van der Waals surface area (Å²) >= 11 is 0. The van der Waals surface area contributed by atoms with E-state index >= 15 is 0 Å². The molecule has 24 heavy (non-hydrogen) atoms. The maximum absolute atomic E-state index is 5.89. The molecule has 0 spiro atoms. The van der Waals surface area contributed by atoms with Crippen molar-refractivity contribution in [1.82, 2.24) is 10.2 Å². The lowest BCUT2D eigenvalue weighted by molar-refractivity contribution is 0.284. The average molecular weight is 328 g/mol. The Hall–Kier alpha value is -2.04. The van der Waals surface area contributed by atoms with E-state index in [0.29, 0.717) is 6.61 Å². The first-order chi connectivity index (χ1) is 11.7. The van der Waals surface area contributed by atoms with Crippen LogP contribution in [0.4, 0.5) is 0 Å². The number of nitrogens with one attached hydrogen (secondary N) is 1. The highest BCUT2D eigenvalue weighted by Gasteiger charge is 2.06. The van der Waals surface area contributed by atoms with E-state index in [0.717, 1.165) is 43.1 Å². The predicted octanol–water partition coefficient (Wildman–Crippen LogP) is 3.32. The summed E-state index contributed by atoms with van der Waals surface area (Å²) in [6, 6.07) is 16.3. The molecule has 0 aromatic heterocycles. The summed E-state index contributed by atoms with van der Waals surface area (Å²) in [5.74, 6) is 1.55. The summed E-state index contributed by atoms with van der Waals surface area (Å²) in [6.07, 6.45) is 1.14. The minimum atomic E-state index is 0.541. The largest absolute Gasteiger partial charge is 0.493 e. The second-order valence-electron chi connectivity index (χ2n) is 6.09. The van der Waals surface area contributed by atoms with Gasteiger partial charge in [0.25, 0.3) is 0 Å². The van der Waals surface area contributed by atoms with Crippen LogP contribution in [-0.2, 0) is 13.2 Å². The predicted molar refractivity (Wildman–Crippen MR) is 98.6 cm³/mol. The van der Waals surface area contributed by atoms with Crippen LogP contribution >= 0.6 is 0 Å². The third-order valence-corrected chi connectivity index (χ3v) is 3.75. The smallest absolute Gasteiger partial charge is 0.161 e. The molecule has 0 atom stereocenters. The molecule has 0 saturated heterocycles. The molecule has 2 aromatic carbocycles. The number of rotatable bonds is 10. The van der Waals surface area contributed by atoms with Gasteiger partial charge in [-0.2, -0.15) is 0 Å². The lowest BCUT2D eigenvalue weighted by Gasteiger charge is -2.13. The van der Waals surface area contributed by atoms with Crippen LogP contribution < -0.4 is 14.8 Å². The van der Waals surface area contributed by atoms with Crippen molar-refractivity contribution in [3.8, 4) is 11.5 Å². The van der Waals surface area contributed by atoms with Gasteiger partial charge in [-0.05, 0) is 56.9 Å². The lowest BCUT2D eigenvalue weighted by atomic mass is 10.2. The Balaban J connectivity index is 1.85. The monoisotopic (exact) mass is 328 g/mol. The number of hydrogen-bond donors (Lipinski definition) is 1. The Bertz CT molecular complexity index is 600. The highest BCUT2D eigenvalue weighted by Crippen LogP contribution is 2.28. The normalized spacial score (nSPS) is 10.8. The van der Waals surface area contributed by atoms with E-state index in [1.165, 1.54) is 5.56 Å².